The maximum absolute atomic E-state index is 12.0. The Morgan fingerprint density at radius 2 is 1.91 bits per heavy atom. The number of sulfonamides is 1. The number of amides is 1. The molecule has 1 unspecified atom stereocenters. The van der Waals surface area contributed by atoms with Crippen molar-refractivity contribution in [1.82, 2.24) is 9.62 Å². The second kappa shape index (κ2) is 9.07. The van der Waals surface area contributed by atoms with Gasteiger partial charge in [0.1, 0.15) is 6.10 Å². The summed E-state index contributed by atoms with van der Waals surface area (Å²) in [5, 5.41) is 2.71. The largest absolute Gasteiger partial charge is 0.468 e. The fourth-order valence-corrected chi connectivity index (χ4v) is 3.59. The topological polar surface area (TPSA) is 102 Å². The van der Waals surface area contributed by atoms with Crippen LogP contribution < -0.4 is 5.32 Å². The molecule has 1 saturated heterocycles. The molecule has 8 nitrogen and oxygen atoms in total. The number of hydrogen-bond acceptors (Lipinski definition) is 6. The van der Waals surface area contributed by atoms with Gasteiger partial charge in [-0.15, -0.1) is 0 Å². The van der Waals surface area contributed by atoms with Crippen LogP contribution in [0.4, 0.5) is 4.79 Å². The Morgan fingerprint density at radius 1 is 1.30 bits per heavy atom. The van der Waals surface area contributed by atoms with Gasteiger partial charge in [-0.1, -0.05) is 6.92 Å². The zero-order chi connectivity index (χ0) is 17.5. The van der Waals surface area contributed by atoms with Crippen molar-refractivity contribution < 1.29 is 27.5 Å². The molecular weight excluding hydrogens is 324 g/mol. The van der Waals surface area contributed by atoms with Crippen LogP contribution in [0.5, 0.6) is 0 Å². The Kier molecular flexibility index (Phi) is 7.77. The van der Waals surface area contributed by atoms with Crippen LogP contribution in [0.15, 0.2) is 0 Å². The van der Waals surface area contributed by atoms with Gasteiger partial charge >= 0.3 is 12.1 Å². The smallest absolute Gasteiger partial charge is 0.407 e. The minimum Gasteiger partial charge on any atom is -0.468 e. The Bertz CT molecular complexity index is 499. The summed E-state index contributed by atoms with van der Waals surface area (Å²) < 4.78 is 34.9. The molecule has 0 aromatic heterocycles. The second-order valence-electron chi connectivity index (χ2n) is 5.68. The zero-order valence-corrected chi connectivity index (χ0v) is 14.7. The van der Waals surface area contributed by atoms with E-state index in [4.69, 9.17) is 4.74 Å². The van der Waals surface area contributed by atoms with Crippen LogP contribution in [-0.4, -0.2) is 63.4 Å². The number of alkyl carbamates (subject to hydrolysis) is 1. The summed E-state index contributed by atoms with van der Waals surface area (Å²) >= 11 is 0. The summed E-state index contributed by atoms with van der Waals surface area (Å²) in [6.07, 6.45) is 1.44. The van der Waals surface area contributed by atoms with Crippen molar-refractivity contribution in [3.8, 4) is 0 Å². The molecule has 0 aromatic rings. The first-order valence-electron chi connectivity index (χ1n) is 7.77. The Hall–Kier alpha value is -1.35. The molecule has 1 heterocycles. The van der Waals surface area contributed by atoms with Gasteiger partial charge in [-0.3, -0.25) is 4.79 Å². The molecule has 0 spiro atoms. The molecule has 1 rings (SSSR count). The summed E-state index contributed by atoms with van der Waals surface area (Å²) in [5.74, 6) is -1.20. The van der Waals surface area contributed by atoms with Crippen molar-refractivity contribution >= 4 is 22.1 Å². The lowest BCUT2D eigenvalue weighted by Gasteiger charge is -2.31. The highest BCUT2D eigenvalue weighted by Crippen LogP contribution is 2.19. The van der Waals surface area contributed by atoms with E-state index in [1.807, 2.05) is 13.8 Å². The lowest BCUT2D eigenvalue weighted by molar-refractivity contribution is -0.137. The molecule has 0 aliphatic carbocycles. The van der Waals surface area contributed by atoms with E-state index in [0.717, 1.165) is 13.5 Å². The highest BCUT2D eigenvalue weighted by molar-refractivity contribution is 7.89. The summed E-state index contributed by atoms with van der Waals surface area (Å²) in [6.45, 7) is 4.89. The van der Waals surface area contributed by atoms with Crippen LogP contribution in [-0.2, 0) is 24.3 Å². The molecule has 0 radical (unpaired) electrons. The minimum atomic E-state index is -3.62. The van der Waals surface area contributed by atoms with Gasteiger partial charge in [0.25, 0.3) is 0 Å². The van der Waals surface area contributed by atoms with E-state index in [1.54, 1.807) is 0 Å². The first-order valence-corrected chi connectivity index (χ1v) is 9.38. The molecule has 134 valence electrons. The fourth-order valence-electron chi connectivity index (χ4n) is 2.23. The number of carbonyl (C=O) groups is 2. The molecule has 1 amide bonds. The van der Waals surface area contributed by atoms with Crippen molar-refractivity contribution in [2.75, 3.05) is 32.5 Å². The van der Waals surface area contributed by atoms with E-state index in [-0.39, 0.29) is 12.0 Å². The standard InChI is InChI=1S/C14H26N2O6S/c1-4-11(2)22-14(18)15-9-12-5-7-16(8-6-12)23(19,20)10-13(17)21-3/h11-12H,4-10H2,1-3H3,(H,15,18). The monoisotopic (exact) mass is 350 g/mol. The number of hydrogen-bond donors (Lipinski definition) is 1. The van der Waals surface area contributed by atoms with Crippen molar-refractivity contribution in [1.29, 1.82) is 0 Å². The Morgan fingerprint density at radius 3 is 2.43 bits per heavy atom. The lowest BCUT2D eigenvalue weighted by Crippen LogP contribution is -2.43. The lowest BCUT2D eigenvalue weighted by atomic mass is 9.98. The molecule has 1 atom stereocenters. The summed E-state index contributed by atoms with van der Waals surface area (Å²) in [7, 11) is -2.46. The molecule has 0 saturated carbocycles. The number of piperidine rings is 1. The predicted molar refractivity (Wildman–Crippen MR) is 84.3 cm³/mol. The number of carbonyl (C=O) groups excluding carboxylic acids is 2. The Balaban J connectivity index is 2.35. The molecule has 23 heavy (non-hydrogen) atoms. The number of nitrogens with one attached hydrogen (secondary N) is 1. The van der Waals surface area contributed by atoms with Gasteiger partial charge in [0.15, 0.2) is 5.75 Å². The van der Waals surface area contributed by atoms with Gasteiger partial charge in [0.05, 0.1) is 7.11 Å². The number of ether oxygens (including phenoxy) is 2. The van der Waals surface area contributed by atoms with Crippen LogP contribution in [0, 0.1) is 5.92 Å². The third-order valence-electron chi connectivity index (χ3n) is 3.91. The van der Waals surface area contributed by atoms with Crippen molar-refractivity contribution in [3.05, 3.63) is 0 Å². The predicted octanol–water partition coefficient (Wildman–Crippen LogP) is 0.726. The molecular formula is C14H26N2O6S. The SMILES string of the molecule is CCC(C)OC(=O)NCC1CCN(S(=O)(=O)CC(=O)OC)CC1. The quantitative estimate of drug-likeness (QED) is 0.679. The molecule has 0 aromatic carbocycles. The number of nitrogens with zero attached hydrogens (tertiary/aromatic N) is 1. The number of esters is 1. The van der Waals surface area contributed by atoms with Crippen LogP contribution in [0.25, 0.3) is 0 Å². The number of rotatable bonds is 7. The van der Waals surface area contributed by atoms with E-state index in [1.165, 1.54) is 4.31 Å². The van der Waals surface area contributed by atoms with Gasteiger partial charge in [-0.05, 0) is 32.1 Å². The van der Waals surface area contributed by atoms with Crippen LogP contribution in [0.2, 0.25) is 0 Å². The number of methoxy groups -OCH3 is 1. The maximum Gasteiger partial charge on any atom is 0.407 e. The first kappa shape index (κ1) is 19.7. The molecule has 1 aliphatic heterocycles. The van der Waals surface area contributed by atoms with Crippen molar-refractivity contribution in [2.24, 2.45) is 5.92 Å². The average Bonchev–Trinajstić information content (AvgIpc) is 2.52. The fraction of sp³-hybridized carbons (Fsp3) is 0.857. The molecule has 1 N–H and O–H groups in total. The highest BCUT2D eigenvalue weighted by Gasteiger charge is 2.30. The summed E-state index contributed by atoms with van der Waals surface area (Å²) in [4.78, 5) is 22.7. The van der Waals surface area contributed by atoms with Gasteiger partial charge in [-0.2, -0.15) is 0 Å². The van der Waals surface area contributed by atoms with E-state index in [9.17, 15) is 18.0 Å². The van der Waals surface area contributed by atoms with Crippen molar-refractivity contribution in [3.63, 3.8) is 0 Å². The second-order valence-corrected chi connectivity index (χ2v) is 7.65. The van der Waals surface area contributed by atoms with E-state index < -0.39 is 27.8 Å². The van der Waals surface area contributed by atoms with Crippen LogP contribution in [0.3, 0.4) is 0 Å². The third kappa shape index (κ3) is 6.74. The van der Waals surface area contributed by atoms with E-state index >= 15 is 0 Å². The first-order chi connectivity index (χ1) is 10.8. The summed E-state index contributed by atoms with van der Waals surface area (Å²) in [6, 6.07) is 0. The average molecular weight is 350 g/mol. The molecule has 9 heteroatoms. The molecule has 1 aliphatic rings. The van der Waals surface area contributed by atoms with Gasteiger partial charge in [-0.25, -0.2) is 17.5 Å². The van der Waals surface area contributed by atoms with Crippen LogP contribution in [0.1, 0.15) is 33.1 Å². The normalized spacial score (nSPS) is 18.2. The van der Waals surface area contributed by atoms with Gasteiger partial charge in [0, 0.05) is 19.6 Å². The van der Waals surface area contributed by atoms with Crippen molar-refractivity contribution in [2.45, 2.75) is 39.2 Å². The zero-order valence-electron chi connectivity index (χ0n) is 13.9. The van der Waals surface area contributed by atoms with E-state index in [2.05, 4.69) is 10.1 Å². The van der Waals surface area contributed by atoms with Gasteiger partial charge in [0.2, 0.25) is 10.0 Å². The highest BCUT2D eigenvalue weighted by atomic mass is 32.2. The summed E-state index contributed by atoms with van der Waals surface area (Å²) in [5.41, 5.74) is 0. The van der Waals surface area contributed by atoms with Gasteiger partial charge < -0.3 is 14.8 Å². The van der Waals surface area contributed by atoms with E-state index in [0.29, 0.717) is 32.5 Å². The molecule has 1 fully saturated rings. The maximum atomic E-state index is 12.0. The molecule has 0 bridgehead atoms. The Labute approximate surface area is 137 Å². The van der Waals surface area contributed by atoms with Crippen LogP contribution >= 0.6 is 0 Å². The third-order valence-corrected chi connectivity index (χ3v) is 5.67. The minimum absolute atomic E-state index is 0.125.